The summed E-state index contributed by atoms with van der Waals surface area (Å²) in [6.45, 7) is 3.04. The number of benzene rings is 1. The largest absolute Gasteiger partial charge is 0.497 e. The van der Waals surface area contributed by atoms with Crippen LogP contribution < -0.4 is 10.1 Å². The van der Waals surface area contributed by atoms with E-state index in [1.54, 1.807) is 18.4 Å². The zero-order valence-electron chi connectivity index (χ0n) is 11.2. The van der Waals surface area contributed by atoms with Crippen molar-refractivity contribution in [2.45, 2.75) is 31.9 Å². The lowest BCUT2D eigenvalue weighted by molar-refractivity contribution is 0.0996. The van der Waals surface area contributed by atoms with Crippen LogP contribution in [0.5, 0.6) is 5.75 Å². The molecule has 2 unspecified atom stereocenters. The van der Waals surface area contributed by atoms with Crippen molar-refractivity contribution in [2.75, 3.05) is 19.0 Å². The molecule has 0 saturated carbocycles. The fourth-order valence-electron chi connectivity index (χ4n) is 2.38. The minimum absolute atomic E-state index is 0.296. The van der Waals surface area contributed by atoms with Gasteiger partial charge in [0.25, 0.3) is 0 Å². The van der Waals surface area contributed by atoms with Crippen molar-refractivity contribution >= 4 is 26.7 Å². The van der Waals surface area contributed by atoms with E-state index >= 15 is 0 Å². The molecule has 1 saturated heterocycles. The quantitative estimate of drug-likeness (QED) is 0.932. The van der Waals surface area contributed by atoms with Crippen LogP contribution >= 0.6 is 11.3 Å². The van der Waals surface area contributed by atoms with Crippen LogP contribution in [0, 0.1) is 0 Å². The summed E-state index contributed by atoms with van der Waals surface area (Å²) in [7, 11) is 1.68. The van der Waals surface area contributed by atoms with Gasteiger partial charge in [0.15, 0.2) is 5.13 Å². The normalized spacial score (nSPS) is 20.6. The summed E-state index contributed by atoms with van der Waals surface area (Å²) >= 11 is 1.66. The molecular weight excluding hydrogens is 260 g/mol. The van der Waals surface area contributed by atoms with E-state index in [9.17, 15) is 0 Å². The molecule has 2 aromatic rings. The van der Waals surface area contributed by atoms with E-state index in [0.29, 0.717) is 12.1 Å². The number of thiazole rings is 1. The molecule has 5 heteroatoms. The van der Waals surface area contributed by atoms with Crippen molar-refractivity contribution in [3.8, 4) is 5.75 Å². The third-order valence-electron chi connectivity index (χ3n) is 3.47. The van der Waals surface area contributed by atoms with Gasteiger partial charge in [0.1, 0.15) is 5.75 Å². The molecule has 1 N–H and O–H groups in total. The number of nitrogens with one attached hydrogen (secondary N) is 1. The maximum absolute atomic E-state index is 5.69. The Balaban J connectivity index is 1.77. The summed E-state index contributed by atoms with van der Waals surface area (Å²) in [6, 6.07) is 6.25. The fourth-order valence-corrected chi connectivity index (χ4v) is 3.37. The van der Waals surface area contributed by atoms with Crippen LogP contribution in [-0.4, -0.2) is 30.8 Å². The van der Waals surface area contributed by atoms with Crippen LogP contribution in [0.25, 0.3) is 10.2 Å². The number of ether oxygens (including phenoxy) is 2. The molecule has 0 bridgehead atoms. The highest BCUT2D eigenvalue weighted by atomic mass is 32.1. The van der Waals surface area contributed by atoms with Crippen molar-refractivity contribution in [1.82, 2.24) is 4.98 Å². The lowest BCUT2D eigenvalue weighted by Gasteiger charge is -2.19. The van der Waals surface area contributed by atoms with Crippen molar-refractivity contribution < 1.29 is 9.47 Å². The number of methoxy groups -OCH3 is 1. The standard InChI is InChI=1S/C14H18N2O2S/c1-9(12-4-3-7-18-12)15-14-16-11-6-5-10(17-2)8-13(11)19-14/h5-6,8-9,12H,3-4,7H2,1-2H3,(H,15,16). The first-order valence-electron chi connectivity index (χ1n) is 6.59. The third kappa shape index (κ3) is 2.67. The van der Waals surface area contributed by atoms with E-state index in [4.69, 9.17) is 9.47 Å². The number of rotatable bonds is 4. The summed E-state index contributed by atoms with van der Waals surface area (Å²) < 4.78 is 12.1. The molecule has 1 fully saturated rings. The summed E-state index contributed by atoms with van der Waals surface area (Å²) in [5.41, 5.74) is 1.01. The van der Waals surface area contributed by atoms with E-state index in [0.717, 1.165) is 40.5 Å². The van der Waals surface area contributed by atoms with E-state index in [-0.39, 0.29) is 0 Å². The molecule has 1 aliphatic rings. The average Bonchev–Trinajstić information content (AvgIpc) is 3.06. The van der Waals surface area contributed by atoms with Gasteiger partial charge in [-0.05, 0) is 38.0 Å². The minimum atomic E-state index is 0.296. The third-order valence-corrected chi connectivity index (χ3v) is 4.42. The van der Waals surface area contributed by atoms with Gasteiger partial charge >= 0.3 is 0 Å². The number of aromatic nitrogens is 1. The van der Waals surface area contributed by atoms with Gasteiger partial charge in [0.2, 0.25) is 0 Å². The second kappa shape index (κ2) is 5.35. The second-order valence-electron chi connectivity index (χ2n) is 4.84. The fraction of sp³-hybridized carbons (Fsp3) is 0.500. The van der Waals surface area contributed by atoms with Crippen LogP contribution in [0.2, 0.25) is 0 Å². The Morgan fingerprint density at radius 1 is 1.53 bits per heavy atom. The van der Waals surface area contributed by atoms with Crippen molar-refractivity contribution in [3.05, 3.63) is 18.2 Å². The minimum Gasteiger partial charge on any atom is -0.497 e. The van der Waals surface area contributed by atoms with Crippen LogP contribution in [0.15, 0.2) is 18.2 Å². The van der Waals surface area contributed by atoms with Crippen LogP contribution in [0.3, 0.4) is 0 Å². The van der Waals surface area contributed by atoms with Gasteiger partial charge < -0.3 is 14.8 Å². The number of hydrogen-bond donors (Lipinski definition) is 1. The Morgan fingerprint density at radius 2 is 2.42 bits per heavy atom. The van der Waals surface area contributed by atoms with Crippen molar-refractivity contribution in [3.63, 3.8) is 0 Å². The van der Waals surface area contributed by atoms with Gasteiger partial charge in [0, 0.05) is 6.61 Å². The first-order chi connectivity index (χ1) is 9.26. The molecule has 102 valence electrons. The van der Waals surface area contributed by atoms with E-state index in [1.165, 1.54) is 0 Å². The number of anilines is 1. The number of nitrogens with zero attached hydrogens (tertiary/aromatic N) is 1. The Kier molecular flexibility index (Phi) is 3.57. The van der Waals surface area contributed by atoms with E-state index in [1.807, 2.05) is 18.2 Å². The van der Waals surface area contributed by atoms with Crippen LogP contribution in [-0.2, 0) is 4.74 Å². The predicted octanol–water partition coefficient (Wildman–Crippen LogP) is 3.28. The van der Waals surface area contributed by atoms with Crippen molar-refractivity contribution in [2.24, 2.45) is 0 Å². The highest BCUT2D eigenvalue weighted by Gasteiger charge is 2.22. The Labute approximate surface area is 116 Å². The monoisotopic (exact) mass is 278 g/mol. The Hall–Kier alpha value is -1.33. The zero-order chi connectivity index (χ0) is 13.2. The summed E-state index contributed by atoms with van der Waals surface area (Å²) in [5.74, 6) is 0.870. The molecule has 2 atom stereocenters. The van der Waals surface area contributed by atoms with Crippen LogP contribution in [0.4, 0.5) is 5.13 Å². The summed E-state index contributed by atoms with van der Waals surface area (Å²) in [5, 5.41) is 4.40. The topological polar surface area (TPSA) is 43.4 Å². The van der Waals surface area contributed by atoms with Gasteiger partial charge in [-0.25, -0.2) is 4.98 Å². The Bertz CT molecular complexity index is 564. The number of fused-ring (bicyclic) bond motifs is 1. The molecule has 1 aromatic carbocycles. The van der Waals surface area contributed by atoms with Crippen molar-refractivity contribution in [1.29, 1.82) is 0 Å². The molecule has 0 spiro atoms. The van der Waals surface area contributed by atoms with Gasteiger partial charge in [-0.3, -0.25) is 0 Å². The van der Waals surface area contributed by atoms with E-state index < -0.39 is 0 Å². The van der Waals surface area contributed by atoms with Gasteiger partial charge in [-0.2, -0.15) is 0 Å². The highest BCUT2D eigenvalue weighted by molar-refractivity contribution is 7.22. The highest BCUT2D eigenvalue weighted by Crippen LogP contribution is 2.30. The molecule has 19 heavy (non-hydrogen) atoms. The molecule has 1 aliphatic heterocycles. The molecule has 4 nitrogen and oxygen atoms in total. The maximum atomic E-state index is 5.69. The molecule has 2 heterocycles. The molecule has 3 rings (SSSR count). The van der Waals surface area contributed by atoms with E-state index in [2.05, 4.69) is 17.2 Å². The molecule has 0 aliphatic carbocycles. The molecular formula is C14H18N2O2S. The first kappa shape index (κ1) is 12.7. The Morgan fingerprint density at radius 3 is 3.16 bits per heavy atom. The predicted molar refractivity (Wildman–Crippen MR) is 78.2 cm³/mol. The smallest absolute Gasteiger partial charge is 0.184 e. The lowest BCUT2D eigenvalue weighted by atomic mass is 10.1. The summed E-state index contributed by atoms with van der Waals surface area (Å²) in [6.07, 6.45) is 2.60. The summed E-state index contributed by atoms with van der Waals surface area (Å²) in [4.78, 5) is 4.60. The average molecular weight is 278 g/mol. The first-order valence-corrected chi connectivity index (χ1v) is 7.40. The van der Waals surface area contributed by atoms with Gasteiger partial charge in [-0.1, -0.05) is 11.3 Å². The second-order valence-corrected chi connectivity index (χ2v) is 5.87. The zero-order valence-corrected chi connectivity index (χ0v) is 12.0. The SMILES string of the molecule is COc1ccc2nc(NC(C)C3CCCO3)sc2c1. The van der Waals surface area contributed by atoms with Gasteiger partial charge in [0.05, 0.1) is 29.5 Å². The van der Waals surface area contributed by atoms with Gasteiger partial charge in [-0.15, -0.1) is 0 Å². The lowest BCUT2D eigenvalue weighted by Crippen LogP contribution is -2.29. The maximum Gasteiger partial charge on any atom is 0.184 e. The molecule has 0 radical (unpaired) electrons. The van der Waals surface area contributed by atoms with Crippen LogP contribution in [0.1, 0.15) is 19.8 Å². The number of hydrogen-bond acceptors (Lipinski definition) is 5. The molecule has 1 aromatic heterocycles. The molecule has 0 amide bonds.